The minimum absolute atomic E-state index is 0.0790. The first-order chi connectivity index (χ1) is 17.4. The number of nitriles is 2. The van der Waals surface area contributed by atoms with E-state index in [1.54, 1.807) is 0 Å². The van der Waals surface area contributed by atoms with E-state index < -0.39 is 0 Å². The number of aromatic nitrogens is 8. The van der Waals surface area contributed by atoms with Crippen molar-refractivity contribution in [3.63, 3.8) is 0 Å². The second kappa shape index (κ2) is 9.01. The molecule has 0 aliphatic heterocycles. The molecule has 36 heavy (non-hydrogen) atoms. The smallest absolute Gasteiger partial charge is 0.205 e. The average molecular weight is 475 g/mol. The lowest BCUT2D eigenvalue weighted by molar-refractivity contribution is 0.394. The monoisotopic (exact) mass is 474 g/mol. The van der Waals surface area contributed by atoms with E-state index in [-0.39, 0.29) is 16.8 Å². The summed E-state index contributed by atoms with van der Waals surface area (Å²) >= 11 is 0. The van der Waals surface area contributed by atoms with E-state index >= 15 is 0 Å². The maximum Gasteiger partial charge on any atom is 0.205 e. The van der Waals surface area contributed by atoms with Crippen LogP contribution in [0.3, 0.4) is 0 Å². The van der Waals surface area contributed by atoms with Crippen LogP contribution < -0.4 is 0 Å². The van der Waals surface area contributed by atoms with Gasteiger partial charge in [-0.3, -0.25) is 0 Å². The summed E-state index contributed by atoms with van der Waals surface area (Å²) in [5.74, 6) is 1.27. The van der Waals surface area contributed by atoms with Gasteiger partial charge in [-0.25, -0.2) is 4.98 Å². The Bertz CT molecular complexity index is 1640. The summed E-state index contributed by atoms with van der Waals surface area (Å²) in [6, 6.07) is 20.1. The largest absolute Gasteiger partial charge is 0.321 e. The lowest BCUT2D eigenvalue weighted by Crippen LogP contribution is -2.15. The van der Waals surface area contributed by atoms with Crippen LogP contribution >= 0.6 is 0 Å². The molecule has 0 amide bonds. The van der Waals surface area contributed by atoms with Gasteiger partial charge in [-0.15, -0.1) is 20.4 Å². The van der Waals surface area contributed by atoms with Crippen LogP contribution in [0, 0.1) is 28.1 Å². The molecule has 176 valence electrons. The molecular formula is C26H22N10. The van der Waals surface area contributed by atoms with Gasteiger partial charge in [0.15, 0.2) is 11.4 Å². The Morgan fingerprint density at radius 1 is 0.861 bits per heavy atom. The molecule has 5 aromatic rings. The summed E-state index contributed by atoms with van der Waals surface area (Å²) in [6.07, 6.45) is 0.638. The number of nitrogens with one attached hydrogen (secondary N) is 1. The quantitative estimate of drug-likeness (QED) is 0.401. The second-order valence-corrected chi connectivity index (χ2v) is 9.61. The van der Waals surface area contributed by atoms with Crippen LogP contribution in [0.25, 0.3) is 33.5 Å². The van der Waals surface area contributed by atoms with Gasteiger partial charge in [-0.1, -0.05) is 69.3 Å². The molecule has 0 radical (unpaired) electrons. The van der Waals surface area contributed by atoms with Gasteiger partial charge in [0.05, 0.1) is 6.54 Å². The van der Waals surface area contributed by atoms with Crippen molar-refractivity contribution >= 4 is 11.0 Å². The average Bonchev–Trinajstić information content (AvgIpc) is 3.52. The maximum absolute atomic E-state index is 9.81. The highest BCUT2D eigenvalue weighted by atomic mass is 15.5. The predicted molar refractivity (Wildman–Crippen MR) is 132 cm³/mol. The fourth-order valence-electron chi connectivity index (χ4n) is 4.31. The number of nitrogens with zero attached hydrogens (tertiary/aromatic N) is 9. The number of rotatable bonds is 5. The molecule has 3 aromatic heterocycles. The van der Waals surface area contributed by atoms with E-state index in [2.05, 4.69) is 63.7 Å². The van der Waals surface area contributed by atoms with Crippen molar-refractivity contribution in [2.45, 2.75) is 33.7 Å². The summed E-state index contributed by atoms with van der Waals surface area (Å²) in [4.78, 5) is 4.79. The SMILES string of the molecule is CC(C)(C)Cc1nc2c(C#N)nnc(C#N)c2n1Cc1ccccc1-c1ccccc1-c1nn[nH]n1. The molecule has 0 spiro atoms. The Morgan fingerprint density at radius 2 is 1.53 bits per heavy atom. The van der Waals surface area contributed by atoms with Crippen LogP contribution in [0.5, 0.6) is 0 Å². The number of benzene rings is 2. The standard InChI is InChI=1S/C26H22N10/c1-26(2,3)12-22-29-23-20(13-27)30-31-21(14-28)24(23)36(22)15-16-8-4-5-9-17(16)18-10-6-7-11-19(18)25-32-34-35-33-25/h4-11H,12,15H2,1-3H3,(H,32,33,34,35). The summed E-state index contributed by atoms with van der Waals surface area (Å²) in [7, 11) is 0. The summed E-state index contributed by atoms with van der Waals surface area (Å²) < 4.78 is 1.99. The van der Waals surface area contributed by atoms with E-state index in [9.17, 15) is 10.5 Å². The molecular weight excluding hydrogens is 452 g/mol. The Balaban J connectivity index is 1.72. The van der Waals surface area contributed by atoms with Gasteiger partial charge in [0.2, 0.25) is 5.82 Å². The lowest BCUT2D eigenvalue weighted by Gasteiger charge is -2.20. The minimum Gasteiger partial charge on any atom is -0.321 e. The van der Waals surface area contributed by atoms with E-state index in [0.29, 0.717) is 29.8 Å². The summed E-state index contributed by atoms with van der Waals surface area (Å²) in [5.41, 5.74) is 4.87. The normalized spacial score (nSPS) is 11.4. The number of hydrogen-bond acceptors (Lipinski definition) is 8. The van der Waals surface area contributed by atoms with Crippen LogP contribution in [0.2, 0.25) is 0 Å². The van der Waals surface area contributed by atoms with Gasteiger partial charge in [0.25, 0.3) is 0 Å². The van der Waals surface area contributed by atoms with Crippen LogP contribution in [0.4, 0.5) is 0 Å². The fraction of sp³-hybridized carbons (Fsp3) is 0.231. The van der Waals surface area contributed by atoms with Gasteiger partial charge < -0.3 is 4.57 Å². The Morgan fingerprint density at radius 3 is 2.19 bits per heavy atom. The van der Waals surface area contributed by atoms with E-state index in [4.69, 9.17) is 4.98 Å². The first-order valence-electron chi connectivity index (χ1n) is 11.4. The minimum atomic E-state index is -0.0790. The molecule has 5 rings (SSSR count). The molecule has 0 aliphatic rings. The molecule has 0 fully saturated rings. The first kappa shape index (κ1) is 22.8. The summed E-state index contributed by atoms with van der Waals surface area (Å²) in [6.45, 7) is 6.79. The number of H-pyrrole nitrogens is 1. The number of hydrogen-bond donors (Lipinski definition) is 1. The van der Waals surface area contributed by atoms with Gasteiger partial charge in [0.1, 0.15) is 29.0 Å². The van der Waals surface area contributed by atoms with Crippen molar-refractivity contribution in [3.05, 3.63) is 71.3 Å². The van der Waals surface area contributed by atoms with Crippen LogP contribution in [0.1, 0.15) is 43.5 Å². The molecule has 0 saturated carbocycles. The number of imidazole rings is 1. The molecule has 0 unspecified atom stereocenters. The third-order valence-electron chi connectivity index (χ3n) is 5.79. The van der Waals surface area contributed by atoms with Crippen molar-refractivity contribution in [1.29, 1.82) is 10.5 Å². The highest BCUT2D eigenvalue weighted by Crippen LogP contribution is 2.34. The molecule has 0 bridgehead atoms. The maximum atomic E-state index is 9.81. The van der Waals surface area contributed by atoms with Crippen LogP contribution in [0.15, 0.2) is 48.5 Å². The van der Waals surface area contributed by atoms with Crippen molar-refractivity contribution in [3.8, 4) is 34.7 Å². The van der Waals surface area contributed by atoms with Gasteiger partial charge in [-0.2, -0.15) is 15.7 Å². The Labute approximate surface area is 207 Å². The van der Waals surface area contributed by atoms with Gasteiger partial charge >= 0.3 is 0 Å². The molecule has 0 aliphatic carbocycles. The zero-order chi connectivity index (χ0) is 25.3. The second-order valence-electron chi connectivity index (χ2n) is 9.61. The van der Waals surface area contributed by atoms with Crippen molar-refractivity contribution in [2.24, 2.45) is 5.41 Å². The number of fused-ring (bicyclic) bond motifs is 1. The zero-order valence-corrected chi connectivity index (χ0v) is 20.1. The molecule has 10 heteroatoms. The topological polar surface area (TPSA) is 146 Å². The molecule has 10 nitrogen and oxygen atoms in total. The first-order valence-corrected chi connectivity index (χ1v) is 11.4. The Kier molecular flexibility index (Phi) is 5.71. The number of aromatic amines is 1. The van der Waals surface area contributed by atoms with E-state index in [0.717, 1.165) is 28.1 Å². The third kappa shape index (κ3) is 4.17. The lowest BCUT2D eigenvalue weighted by atomic mass is 9.91. The van der Waals surface area contributed by atoms with Gasteiger partial charge in [-0.05, 0) is 27.3 Å². The van der Waals surface area contributed by atoms with Crippen LogP contribution in [-0.4, -0.2) is 40.4 Å². The van der Waals surface area contributed by atoms with Gasteiger partial charge in [0, 0.05) is 12.0 Å². The van der Waals surface area contributed by atoms with E-state index in [1.165, 1.54) is 0 Å². The Hall–Kier alpha value is -4.96. The molecule has 2 aromatic carbocycles. The van der Waals surface area contributed by atoms with Crippen molar-refractivity contribution in [2.75, 3.05) is 0 Å². The highest BCUT2D eigenvalue weighted by molar-refractivity contribution is 5.85. The van der Waals surface area contributed by atoms with Crippen molar-refractivity contribution < 1.29 is 0 Å². The molecule has 0 atom stereocenters. The van der Waals surface area contributed by atoms with E-state index in [1.807, 2.05) is 53.1 Å². The molecule has 3 heterocycles. The number of tetrazole rings is 1. The highest BCUT2D eigenvalue weighted by Gasteiger charge is 2.24. The zero-order valence-electron chi connectivity index (χ0n) is 20.1. The predicted octanol–water partition coefficient (Wildman–Crippen LogP) is 4.05. The molecule has 1 N–H and O–H groups in total. The fourth-order valence-corrected chi connectivity index (χ4v) is 4.31. The third-order valence-corrected chi connectivity index (χ3v) is 5.79. The summed E-state index contributed by atoms with van der Waals surface area (Å²) in [5, 5.41) is 42.0. The molecule has 0 saturated heterocycles. The van der Waals surface area contributed by atoms with Crippen LogP contribution in [-0.2, 0) is 13.0 Å². The van der Waals surface area contributed by atoms with Crippen molar-refractivity contribution in [1.82, 2.24) is 40.4 Å².